The third-order valence-corrected chi connectivity index (χ3v) is 4.32. The van der Waals surface area contributed by atoms with Gasteiger partial charge in [-0.25, -0.2) is 9.37 Å². The van der Waals surface area contributed by atoms with Gasteiger partial charge in [-0.15, -0.1) is 11.3 Å². The SMILES string of the molecule is CNC(CCN(C)Cc1csc(C)n1)c1cccc(F)c1. The van der Waals surface area contributed by atoms with E-state index in [4.69, 9.17) is 0 Å². The molecule has 5 heteroatoms. The number of thiazole rings is 1. The molecule has 0 saturated heterocycles. The van der Waals surface area contributed by atoms with Gasteiger partial charge in [0.05, 0.1) is 10.7 Å². The van der Waals surface area contributed by atoms with Crippen molar-refractivity contribution in [3.05, 3.63) is 51.7 Å². The number of hydrogen-bond donors (Lipinski definition) is 1. The first kappa shape index (κ1) is 16.1. The predicted molar refractivity (Wildman–Crippen MR) is 86.0 cm³/mol. The Morgan fingerprint density at radius 3 is 2.86 bits per heavy atom. The van der Waals surface area contributed by atoms with E-state index in [0.717, 1.165) is 35.8 Å². The topological polar surface area (TPSA) is 28.2 Å². The minimum absolute atomic E-state index is 0.167. The lowest BCUT2D eigenvalue weighted by Crippen LogP contribution is -2.25. The molecule has 114 valence electrons. The van der Waals surface area contributed by atoms with Crippen molar-refractivity contribution in [3.63, 3.8) is 0 Å². The second kappa shape index (κ2) is 7.64. The molecule has 0 spiro atoms. The molecule has 1 N–H and O–H groups in total. The zero-order valence-corrected chi connectivity index (χ0v) is 13.6. The van der Waals surface area contributed by atoms with Crippen LogP contribution in [0.2, 0.25) is 0 Å². The van der Waals surface area contributed by atoms with Gasteiger partial charge in [-0.3, -0.25) is 0 Å². The molecule has 0 fully saturated rings. The van der Waals surface area contributed by atoms with Crippen molar-refractivity contribution < 1.29 is 4.39 Å². The van der Waals surface area contributed by atoms with Crippen molar-refractivity contribution in [3.8, 4) is 0 Å². The molecule has 0 aliphatic carbocycles. The van der Waals surface area contributed by atoms with E-state index in [1.54, 1.807) is 23.5 Å². The summed E-state index contributed by atoms with van der Waals surface area (Å²) in [7, 11) is 4.01. The van der Waals surface area contributed by atoms with E-state index in [1.807, 2.05) is 20.0 Å². The lowest BCUT2D eigenvalue weighted by molar-refractivity contribution is 0.301. The van der Waals surface area contributed by atoms with E-state index >= 15 is 0 Å². The number of nitrogens with one attached hydrogen (secondary N) is 1. The van der Waals surface area contributed by atoms with Gasteiger partial charge in [-0.1, -0.05) is 12.1 Å². The number of rotatable bonds is 7. The van der Waals surface area contributed by atoms with E-state index in [2.05, 4.69) is 27.6 Å². The Kier molecular flexibility index (Phi) is 5.85. The van der Waals surface area contributed by atoms with Crippen LogP contribution in [-0.4, -0.2) is 30.5 Å². The van der Waals surface area contributed by atoms with E-state index in [9.17, 15) is 4.39 Å². The Morgan fingerprint density at radius 2 is 2.24 bits per heavy atom. The number of halogens is 1. The number of aromatic nitrogens is 1. The molecule has 2 aromatic rings. The first-order valence-electron chi connectivity index (χ1n) is 7.10. The second-order valence-corrected chi connectivity index (χ2v) is 6.34. The first-order valence-corrected chi connectivity index (χ1v) is 7.98. The van der Waals surface area contributed by atoms with Crippen LogP contribution < -0.4 is 5.32 Å². The van der Waals surface area contributed by atoms with Gasteiger partial charge in [0.25, 0.3) is 0 Å². The van der Waals surface area contributed by atoms with Gasteiger partial charge in [0.15, 0.2) is 0 Å². The standard InChI is InChI=1S/C16H22FN3S/c1-12-19-15(11-21-12)10-20(3)8-7-16(18-2)13-5-4-6-14(17)9-13/h4-6,9,11,16,18H,7-8,10H2,1-3H3. The van der Waals surface area contributed by atoms with Crippen LogP contribution in [0.1, 0.15) is 28.7 Å². The third kappa shape index (κ3) is 4.88. The van der Waals surface area contributed by atoms with Crippen LogP contribution in [-0.2, 0) is 6.54 Å². The zero-order chi connectivity index (χ0) is 15.2. The summed E-state index contributed by atoms with van der Waals surface area (Å²) in [5, 5.41) is 6.47. The molecule has 0 bridgehead atoms. The molecule has 0 aliphatic rings. The maximum Gasteiger partial charge on any atom is 0.123 e. The number of hydrogen-bond acceptors (Lipinski definition) is 4. The number of aryl methyl sites for hydroxylation is 1. The molecule has 0 saturated carbocycles. The first-order chi connectivity index (χ1) is 10.1. The number of nitrogens with zero attached hydrogens (tertiary/aromatic N) is 2. The molecular formula is C16H22FN3S. The molecule has 1 aromatic heterocycles. The largest absolute Gasteiger partial charge is 0.313 e. The highest BCUT2D eigenvalue weighted by atomic mass is 32.1. The fourth-order valence-corrected chi connectivity index (χ4v) is 2.99. The Balaban J connectivity index is 1.87. The summed E-state index contributed by atoms with van der Waals surface area (Å²) >= 11 is 1.68. The second-order valence-electron chi connectivity index (χ2n) is 5.28. The van der Waals surface area contributed by atoms with E-state index in [-0.39, 0.29) is 11.9 Å². The van der Waals surface area contributed by atoms with Crippen LogP contribution in [0.15, 0.2) is 29.6 Å². The van der Waals surface area contributed by atoms with Gasteiger partial charge in [-0.05, 0) is 45.1 Å². The Labute approximate surface area is 129 Å². The van der Waals surface area contributed by atoms with Crippen molar-refractivity contribution >= 4 is 11.3 Å². The molecule has 0 radical (unpaired) electrons. The fourth-order valence-electron chi connectivity index (χ4n) is 2.39. The van der Waals surface area contributed by atoms with Crippen LogP contribution in [0.4, 0.5) is 4.39 Å². The quantitative estimate of drug-likeness (QED) is 0.850. The van der Waals surface area contributed by atoms with Gasteiger partial charge in [-0.2, -0.15) is 0 Å². The highest BCUT2D eigenvalue weighted by Gasteiger charge is 2.12. The Morgan fingerprint density at radius 1 is 1.43 bits per heavy atom. The smallest absolute Gasteiger partial charge is 0.123 e. The van der Waals surface area contributed by atoms with Gasteiger partial charge in [0.1, 0.15) is 5.82 Å². The van der Waals surface area contributed by atoms with Gasteiger partial charge < -0.3 is 10.2 Å². The summed E-state index contributed by atoms with van der Waals surface area (Å²) in [6.07, 6.45) is 0.930. The predicted octanol–water partition coefficient (Wildman–Crippen LogP) is 3.37. The highest BCUT2D eigenvalue weighted by molar-refractivity contribution is 7.09. The van der Waals surface area contributed by atoms with Crippen molar-refractivity contribution in [2.75, 3.05) is 20.6 Å². The van der Waals surface area contributed by atoms with Gasteiger partial charge in [0, 0.05) is 24.5 Å². The summed E-state index contributed by atoms with van der Waals surface area (Å²) in [5.74, 6) is -0.181. The molecular weight excluding hydrogens is 285 g/mol. The monoisotopic (exact) mass is 307 g/mol. The van der Waals surface area contributed by atoms with E-state index in [0.29, 0.717) is 0 Å². The van der Waals surface area contributed by atoms with Crippen molar-refractivity contribution in [2.24, 2.45) is 0 Å². The van der Waals surface area contributed by atoms with Crippen LogP contribution in [0, 0.1) is 12.7 Å². The fraction of sp³-hybridized carbons (Fsp3) is 0.438. The summed E-state index contributed by atoms with van der Waals surface area (Å²) in [6.45, 7) is 3.80. The zero-order valence-electron chi connectivity index (χ0n) is 12.8. The Hall–Kier alpha value is -1.30. The molecule has 2 rings (SSSR count). The van der Waals surface area contributed by atoms with Crippen molar-refractivity contribution in [1.29, 1.82) is 0 Å². The van der Waals surface area contributed by atoms with Crippen LogP contribution in [0.5, 0.6) is 0 Å². The van der Waals surface area contributed by atoms with Gasteiger partial charge >= 0.3 is 0 Å². The summed E-state index contributed by atoms with van der Waals surface area (Å²) in [4.78, 5) is 6.73. The minimum Gasteiger partial charge on any atom is -0.313 e. The molecule has 1 aromatic carbocycles. The van der Waals surface area contributed by atoms with Crippen molar-refractivity contribution in [2.45, 2.75) is 25.9 Å². The third-order valence-electron chi connectivity index (χ3n) is 3.50. The Bertz CT molecular complexity index is 570. The maximum absolute atomic E-state index is 13.3. The number of benzene rings is 1. The average molecular weight is 307 g/mol. The maximum atomic E-state index is 13.3. The molecule has 21 heavy (non-hydrogen) atoms. The molecule has 1 heterocycles. The van der Waals surface area contributed by atoms with E-state index < -0.39 is 0 Å². The highest BCUT2D eigenvalue weighted by Crippen LogP contribution is 2.18. The van der Waals surface area contributed by atoms with Crippen LogP contribution >= 0.6 is 11.3 Å². The van der Waals surface area contributed by atoms with Gasteiger partial charge in [0.2, 0.25) is 0 Å². The van der Waals surface area contributed by atoms with Crippen LogP contribution in [0.3, 0.4) is 0 Å². The molecule has 0 amide bonds. The molecule has 1 atom stereocenters. The van der Waals surface area contributed by atoms with Crippen LogP contribution in [0.25, 0.3) is 0 Å². The minimum atomic E-state index is -0.181. The normalized spacial score (nSPS) is 12.8. The van der Waals surface area contributed by atoms with E-state index in [1.165, 1.54) is 6.07 Å². The lowest BCUT2D eigenvalue weighted by atomic mass is 10.0. The summed E-state index contributed by atoms with van der Waals surface area (Å²) in [6, 6.07) is 6.98. The summed E-state index contributed by atoms with van der Waals surface area (Å²) < 4.78 is 13.3. The molecule has 1 unspecified atom stereocenters. The van der Waals surface area contributed by atoms with Crippen molar-refractivity contribution in [1.82, 2.24) is 15.2 Å². The lowest BCUT2D eigenvalue weighted by Gasteiger charge is -2.21. The molecule has 3 nitrogen and oxygen atoms in total. The average Bonchev–Trinajstić information content (AvgIpc) is 2.85. The molecule has 0 aliphatic heterocycles. The summed E-state index contributed by atoms with van der Waals surface area (Å²) in [5.41, 5.74) is 2.11.